The molecule has 0 radical (unpaired) electrons. The number of benzene rings is 1. The van der Waals surface area contributed by atoms with Gasteiger partial charge in [0.15, 0.2) is 5.82 Å². The molecular formula is C10H13ClFN3O3S. The summed E-state index contributed by atoms with van der Waals surface area (Å²) in [7, 11) is -4.18. The summed E-state index contributed by atoms with van der Waals surface area (Å²) in [5.41, 5.74) is 9.86. The van der Waals surface area contributed by atoms with Gasteiger partial charge in [-0.3, -0.25) is 4.79 Å². The van der Waals surface area contributed by atoms with Crippen molar-refractivity contribution in [3.63, 3.8) is 0 Å². The van der Waals surface area contributed by atoms with Crippen LogP contribution in [0.4, 0.5) is 10.1 Å². The number of nitrogens with one attached hydrogen (secondary N) is 1. The molecule has 0 saturated carbocycles. The third-order valence-electron chi connectivity index (χ3n) is 2.19. The quantitative estimate of drug-likeness (QED) is 0.691. The summed E-state index contributed by atoms with van der Waals surface area (Å²) >= 11 is 5.64. The molecule has 0 heterocycles. The number of carbonyl (C=O) groups excluding carboxylic acids is 1. The molecule has 0 aliphatic heterocycles. The van der Waals surface area contributed by atoms with Crippen molar-refractivity contribution >= 4 is 33.2 Å². The summed E-state index contributed by atoms with van der Waals surface area (Å²) in [6, 6.07) is 1.26. The van der Waals surface area contributed by atoms with Crippen LogP contribution in [0.2, 0.25) is 5.02 Å². The molecule has 1 rings (SSSR count). The van der Waals surface area contributed by atoms with Crippen molar-refractivity contribution in [2.24, 2.45) is 5.73 Å². The lowest BCUT2D eigenvalue weighted by Crippen LogP contribution is -2.36. The maximum Gasteiger partial charge on any atom is 0.243 e. The maximum absolute atomic E-state index is 13.7. The molecule has 0 aliphatic rings. The molecule has 0 fully saturated rings. The number of primary amides is 1. The zero-order valence-corrected chi connectivity index (χ0v) is 11.6. The second-order valence-corrected chi connectivity index (χ2v) is 6.12. The highest BCUT2D eigenvalue weighted by molar-refractivity contribution is 7.89. The topological polar surface area (TPSA) is 115 Å². The van der Waals surface area contributed by atoms with Crippen LogP contribution in [0.25, 0.3) is 0 Å². The Morgan fingerprint density at radius 3 is 2.63 bits per heavy atom. The molecule has 1 unspecified atom stereocenters. The SMILES string of the molecule is CC(CC(N)=O)NS(=O)(=O)c1cc(Cl)cc(N)c1F. The van der Waals surface area contributed by atoms with Gasteiger partial charge in [0.05, 0.1) is 5.69 Å². The summed E-state index contributed by atoms with van der Waals surface area (Å²) in [5, 5.41) is -0.0122. The number of anilines is 1. The summed E-state index contributed by atoms with van der Waals surface area (Å²) in [6.45, 7) is 1.42. The smallest absolute Gasteiger partial charge is 0.243 e. The van der Waals surface area contributed by atoms with E-state index in [1.807, 2.05) is 0 Å². The molecule has 6 nitrogen and oxygen atoms in total. The number of amides is 1. The van der Waals surface area contributed by atoms with Crippen molar-refractivity contribution in [1.29, 1.82) is 0 Å². The third kappa shape index (κ3) is 4.05. The van der Waals surface area contributed by atoms with Crippen LogP contribution >= 0.6 is 11.6 Å². The molecule has 0 aliphatic carbocycles. The molecule has 9 heteroatoms. The van der Waals surface area contributed by atoms with Crippen LogP contribution in [0, 0.1) is 5.82 Å². The van der Waals surface area contributed by atoms with E-state index in [0.29, 0.717) is 0 Å². The molecule has 0 bridgehead atoms. The minimum atomic E-state index is -4.18. The number of nitrogens with two attached hydrogens (primary N) is 2. The van der Waals surface area contributed by atoms with Crippen LogP contribution in [0.5, 0.6) is 0 Å². The first-order valence-corrected chi connectivity index (χ1v) is 7.04. The highest BCUT2D eigenvalue weighted by Crippen LogP contribution is 2.25. The van der Waals surface area contributed by atoms with E-state index in [2.05, 4.69) is 4.72 Å². The van der Waals surface area contributed by atoms with Gasteiger partial charge in [0.25, 0.3) is 0 Å². The molecule has 1 aromatic carbocycles. The van der Waals surface area contributed by atoms with E-state index in [1.54, 1.807) is 0 Å². The van der Waals surface area contributed by atoms with Gasteiger partial charge < -0.3 is 11.5 Å². The Kier molecular flexibility index (Phi) is 4.72. The largest absolute Gasteiger partial charge is 0.396 e. The lowest BCUT2D eigenvalue weighted by atomic mass is 10.2. The van der Waals surface area contributed by atoms with Crippen molar-refractivity contribution in [3.05, 3.63) is 23.0 Å². The minimum Gasteiger partial charge on any atom is -0.396 e. The molecule has 1 amide bonds. The average molecular weight is 310 g/mol. The van der Waals surface area contributed by atoms with Crippen molar-refractivity contribution < 1.29 is 17.6 Å². The van der Waals surface area contributed by atoms with E-state index in [-0.39, 0.29) is 17.1 Å². The van der Waals surface area contributed by atoms with E-state index in [9.17, 15) is 17.6 Å². The lowest BCUT2D eigenvalue weighted by Gasteiger charge is -2.14. The number of halogens is 2. The predicted molar refractivity (Wildman–Crippen MR) is 69.4 cm³/mol. The third-order valence-corrected chi connectivity index (χ3v) is 3.99. The minimum absolute atomic E-state index is 0.0122. The zero-order chi connectivity index (χ0) is 14.8. The standard InChI is InChI=1S/C10H13ClFN3O3S/c1-5(2-9(14)16)15-19(17,18)8-4-6(11)3-7(13)10(8)12/h3-5,15H,2,13H2,1H3,(H2,14,16). The van der Waals surface area contributed by atoms with Gasteiger partial charge in [-0.1, -0.05) is 11.6 Å². The van der Waals surface area contributed by atoms with Crippen LogP contribution in [-0.4, -0.2) is 20.4 Å². The Morgan fingerprint density at radius 2 is 2.11 bits per heavy atom. The first-order chi connectivity index (χ1) is 8.63. The van der Waals surface area contributed by atoms with Gasteiger partial charge in [-0.2, -0.15) is 0 Å². The van der Waals surface area contributed by atoms with Crippen LogP contribution in [0.15, 0.2) is 17.0 Å². The van der Waals surface area contributed by atoms with Crippen LogP contribution in [-0.2, 0) is 14.8 Å². The zero-order valence-electron chi connectivity index (χ0n) is 9.98. The van der Waals surface area contributed by atoms with Crippen LogP contribution in [0.1, 0.15) is 13.3 Å². The van der Waals surface area contributed by atoms with Crippen LogP contribution < -0.4 is 16.2 Å². The molecule has 0 aromatic heterocycles. The highest BCUT2D eigenvalue weighted by Gasteiger charge is 2.24. The Labute approximate surface area is 115 Å². The van der Waals surface area contributed by atoms with Gasteiger partial charge in [0, 0.05) is 17.5 Å². The molecule has 106 valence electrons. The fraction of sp³-hybridized carbons (Fsp3) is 0.300. The first-order valence-electron chi connectivity index (χ1n) is 5.18. The van der Waals surface area contributed by atoms with Crippen molar-refractivity contribution in [3.8, 4) is 0 Å². The van der Waals surface area contributed by atoms with Gasteiger partial charge in [0.2, 0.25) is 15.9 Å². The molecule has 5 N–H and O–H groups in total. The monoisotopic (exact) mass is 309 g/mol. The van der Waals surface area contributed by atoms with Crippen molar-refractivity contribution in [1.82, 2.24) is 4.72 Å². The normalized spacial score (nSPS) is 13.2. The Hall–Kier alpha value is -1.38. The maximum atomic E-state index is 13.7. The Bertz CT molecular complexity index is 606. The van der Waals surface area contributed by atoms with E-state index in [0.717, 1.165) is 12.1 Å². The number of nitrogen functional groups attached to an aromatic ring is 1. The molecule has 0 saturated heterocycles. The molecule has 19 heavy (non-hydrogen) atoms. The highest BCUT2D eigenvalue weighted by atomic mass is 35.5. The number of hydrogen-bond acceptors (Lipinski definition) is 4. The van der Waals surface area contributed by atoms with E-state index < -0.39 is 32.7 Å². The second kappa shape index (κ2) is 5.72. The fourth-order valence-electron chi connectivity index (χ4n) is 1.45. The Morgan fingerprint density at radius 1 is 1.53 bits per heavy atom. The van der Waals surface area contributed by atoms with Gasteiger partial charge in [-0.05, 0) is 19.1 Å². The van der Waals surface area contributed by atoms with Gasteiger partial charge in [-0.15, -0.1) is 0 Å². The summed E-state index contributed by atoms with van der Waals surface area (Å²) in [4.78, 5) is 10.0. The Balaban J connectivity index is 3.11. The van der Waals surface area contributed by atoms with Crippen molar-refractivity contribution in [2.45, 2.75) is 24.3 Å². The molecule has 1 aromatic rings. The summed E-state index contributed by atoms with van der Waals surface area (Å²) in [6.07, 6.45) is -0.211. The predicted octanol–water partition coefficient (Wildman–Crippen LogP) is 0.604. The second-order valence-electron chi connectivity index (χ2n) is 4.00. The number of sulfonamides is 1. The molecule has 1 atom stereocenters. The van der Waals surface area contributed by atoms with Crippen molar-refractivity contribution in [2.75, 3.05) is 5.73 Å². The number of rotatable bonds is 5. The van der Waals surface area contributed by atoms with Gasteiger partial charge in [0.1, 0.15) is 4.90 Å². The molecular weight excluding hydrogens is 297 g/mol. The lowest BCUT2D eigenvalue weighted by molar-refractivity contribution is -0.118. The van der Waals surface area contributed by atoms with E-state index in [4.69, 9.17) is 23.1 Å². The van der Waals surface area contributed by atoms with Gasteiger partial charge in [-0.25, -0.2) is 17.5 Å². The van der Waals surface area contributed by atoms with Gasteiger partial charge >= 0.3 is 0 Å². The summed E-state index contributed by atoms with van der Waals surface area (Å²) < 4.78 is 39.7. The molecule has 0 spiro atoms. The fourth-order valence-corrected chi connectivity index (χ4v) is 3.12. The summed E-state index contributed by atoms with van der Waals surface area (Å²) in [5.74, 6) is -1.77. The first kappa shape index (κ1) is 15.7. The number of carbonyl (C=O) groups is 1. The van der Waals surface area contributed by atoms with E-state index in [1.165, 1.54) is 6.92 Å². The number of hydrogen-bond donors (Lipinski definition) is 3. The van der Waals surface area contributed by atoms with E-state index >= 15 is 0 Å². The average Bonchev–Trinajstić information content (AvgIpc) is 2.20. The van der Waals surface area contributed by atoms with Crippen LogP contribution in [0.3, 0.4) is 0 Å².